The number of morpholine rings is 1. The van der Waals surface area contributed by atoms with Gasteiger partial charge in [-0.1, -0.05) is 0 Å². The van der Waals surface area contributed by atoms with Crippen LogP contribution >= 0.6 is 24.0 Å². The molecule has 7 nitrogen and oxygen atoms in total. The summed E-state index contributed by atoms with van der Waals surface area (Å²) in [5.41, 5.74) is 5.94. The van der Waals surface area contributed by atoms with Crippen molar-refractivity contribution in [3.05, 3.63) is 0 Å². The zero-order chi connectivity index (χ0) is 17.0. The second-order valence-electron chi connectivity index (χ2n) is 6.85. The standard InChI is InChI=1S/C17H36N6O.HI/c1-21-7-4-10-22(12-11-21)8-2-5-19-17(18)20-6-3-9-23-13-15-24-16-14-23;/h2-16H2,1H3,(H3,18,19,20);1H. The zero-order valence-corrected chi connectivity index (χ0v) is 18.1. The fourth-order valence-corrected chi connectivity index (χ4v) is 3.22. The van der Waals surface area contributed by atoms with Gasteiger partial charge in [0.05, 0.1) is 13.2 Å². The second kappa shape index (κ2) is 14.0. The van der Waals surface area contributed by atoms with E-state index in [-0.39, 0.29) is 24.0 Å². The van der Waals surface area contributed by atoms with Gasteiger partial charge < -0.3 is 25.6 Å². The van der Waals surface area contributed by atoms with Gasteiger partial charge in [0.15, 0.2) is 5.96 Å². The Labute approximate surface area is 170 Å². The van der Waals surface area contributed by atoms with E-state index in [1.54, 1.807) is 0 Å². The smallest absolute Gasteiger partial charge is 0.188 e. The Morgan fingerprint density at radius 1 is 1.00 bits per heavy atom. The third kappa shape index (κ3) is 10.5. The quantitative estimate of drug-likeness (QED) is 0.231. The summed E-state index contributed by atoms with van der Waals surface area (Å²) in [6, 6.07) is 0. The van der Waals surface area contributed by atoms with Gasteiger partial charge >= 0.3 is 0 Å². The Kier molecular flexibility index (Phi) is 12.8. The maximum atomic E-state index is 5.94. The summed E-state index contributed by atoms with van der Waals surface area (Å²) >= 11 is 0. The van der Waals surface area contributed by atoms with E-state index in [2.05, 4.69) is 32.1 Å². The molecule has 25 heavy (non-hydrogen) atoms. The minimum atomic E-state index is 0. The highest BCUT2D eigenvalue weighted by molar-refractivity contribution is 14.0. The molecule has 2 rings (SSSR count). The molecule has 0 spiro atoms. The normalized spacial score (nSPS) is 21.6. The first kappa shape index (κ1) is 22.9. The van der Waals surface area contributed by atoms with Crippen LogP contribution in [0.2, 0.25) is 0 Å². The Hall–Kier alpha value is -0.160. The van der Waals surface area contributed by atoms with Crippen LogP contribution in [0.3, 0.4) is 0 Å². The van der Waals surface area contributed by atoms with Gasteiger partial charge in [-0.2, -0.15) is 0 Å². The summed E-state index contributed by atoms with van der Waals surface area (Å²) in [4.78, 5) is 11.8. The van der Waals surface area contributed by atoms with Crippen molar-refractivity contribution >= 4 is 29.9 Å². The fraction of sp³-hybridized carbons (Fsp3) is 0.941. The molecule has 0 radical (unpaired) electrons. The highest BCUT2D eigenvalue weighted by Gasteiger charge is 2.11. The summed E-state index contributed by atoms with van der Waals surface area (Å²) in [7, 11) is 2.21. The number of hydrogen-bond donors (Lipinski definition) is 2. The predicted molar refractivity (Wildman–Crippen MR) is 115 cm³/mol. The van der Waals surface area contributed by atoms with Crippen LogP contribution < -0.4 is 11.1 Å². The predicted octanol–water partition coefficient (Wildman–Crippen LogP) is 0.259. The first-order valence-electron chi connectivity index (χ1n) is 9.49. The van der Waals surface area contributed by atoms with Crippen LogP contribution in [0, 0.1) is 0 Å². The van der Waals surface area contributed by atoms with E-state index in [0.29, 0.717) is 5.96 Å². The van der Waals surface area contributed by atoms with Gasteiger partial charge in [0, 0.05) is 39.3 Å². The number of likely N-dealkylation sites (N-methyl/N-ethyl adjacent to an activating group) is 1. The van der Waals surface area contributed by atoms with Crippen molar-refractivity contribution in [3.63, 3.8) is 0 Å². The number of nitrogens with zero attached hydrogens (tertiary/aromatic N) is 4. The molecule has 8 heteroatoms. The number of halogens is 1. The minimum Gasteiger partial charge on any atom is -0.379 e. The van der Waals surface area contributed by atoms with Crippen molar-refractivity contribution in [2.75, 3.05) is 85.7 Å². The number of aliphatic imine (C=N–C) groups is 1. The van der Waals surface area contributed by atoms with Crippen LogP contribution in [0.4, 0.5) is 0 Å². The summed E-state index contributed by atoms with van der Waals surface area (Å²) in [6.07, 6.45) is 3.45. The van der Waals surface area contributed by atoms with Gasteiger partial charge in [0.2, 0.25) is 0 Å². The highest BCUT2D eigenvalue weighted by Crippen LogP contribution is 2.02. The van der Waals surface area contributed by atoms with Crippen LogP contribution in [-0.4, -0.2) is 106 Å². The first-order chi connectivity index (χ1) is 11.7. The topological polar surface area (TPSA) is 69.4 Å². The molecule has 0 aromatic carbocycles. The lowest BCUT2D eigenvalue weighted by atomic mass is 10.3. The third-order valence-corrected chi connectivity index (χ3v) is 4.79. The van der Waals surface area contributed by atoms with Gasteiger partial charge in [-0.15, -0.1) is 24.0 Å². The van der Waals surface area contributed by atoms with Gasteiger partial charge in [0.25, 0.3) is 0 Å². The molecular formula is C17H37IN6O. The lowest BCUT2D eigenvalue weighted by Crippen LogP contribution is -2.39. The highest BCUT2D eigenvalue weighted by atomic mass is 127. The molecule has 0 atom stereocenters. The molecule has 0 aliphatic carbocycles. The van der Waals surface area contributed by atoms with E-state index in [4.69, 9.17) is 10.5 Å². The third-order valence-electron chi connectivity index (χ3n) is 4.79. The number of nitrogens with one attached hydrogen (secondary N) is 1. The second-order valence-corrected chi connectivity index (χ2v) is 6.85. The van der Waals surface area contributed by atoms with E-state index in [1.165, 1.54) is 32.6 Å². The van der Waals surface area contributed by atoms with Crippen molar-refractivity contribution in [2.45, 2.75) is 19.3 Å². The van der Waals surface area contributed by atoms with Crippen molar-refractivity contribution in [1.82, 2.24) is 20.0 Å². The zero-order valence-electron chi connectivity index (χ0n) is 15.8. The molecule has 2 aliphatic rings. The number of guanidine groups is 1. The average Bonchev–Trinajstić information content (AvgIpc) is 2.81. The van der Waals surface area contributed by atoms with Crippen LogP contribution in [0.1, 0.15) is 19.3 Å². The molecule has 0 amide bonds. The lowest BCUT2D eigenvalue weighted by Gasteiger charge is -2.26. The molecule has 2 aliphatic heterocycles. The molecule has 0 unspecified atom stereocenters. The molecule has 148 valence electrons. The van der Waals surface area contributed by atoms with E-state index in [1.807, 2.05) is 0 Å². The minimum absolute atomic E-state index is 0. The van der Waals surface area contributed by atoms with Gasteiger partial charge in [0.1, 0.15) is 0 Å². The van der Waals surface area contributed by atoms with Crippen molar-refractivity contribution < 1.29 is 4.74 Å². The van der Waals surface area contributed by atoms with Crippen LogP contribution in [0.15, 0.2) is 4.99 Å². The number of rotatable bonds is 8. The Bertz CT molecular complexity index is 365. The monoisotopic (exact) mass is 468 g/mol. The molecule has 0 aromatic rings. The molecule has 0 bridgehead atoms. The molecule has 0 aromatic heterocycles. The number of hydrogen-bond acceptors (Lipinski definition) is 5. The van der Waals surface area contributed by atoms with E-state index < -0.39 is 0 Å². The maximum Gasteiger partial charge on any atom is 0.188 e. The molecule has 2 saturated heterocycles. The number of nitrogens with two attached hydrogens (primary N) is 1. The van der Waals surface area contributed by atoms with Crippen molar-refractivity contribution in [3.8, 4) is 0 Å². The van der Waals surface area contributed by atoms with Crippen molar-refractivity contribution in [1.29, 1.82) is 0 Å². The average molecular weight is 468 g/mol. The van der Waals surface area contributed by atoms with Gasteiger partial charge in [-0.25, -0.2) is 0 Å². The molecule has 3 N–H and O–H groups in total. The van der Waals surface area contributed by atoms with Crippen LogP contribution in [0.25, 0.3) is 0 Å². The first-order valence-corrected chi connectivity index (χ1v) is 9.49. The summed E-state index contributed by atoms with van der Waals surface area (Å²) < 4.78 is 5.35. The van der Waals surface area contributed by atoms with Crippen LogP contribution in [0.5, 0.6) is 0 Å². The molecule has 2 heterocycles. The largest absolute Gasteiger partial charge is 0.379 e. The molecular weight excluding hydrogens is 431 g/mol. The summed E-state index contributed by atoms with van der Waals surface area (Å²) in [6.45, 7) is 12.6. The fourth-order valence-electron chi connectivity index (χ4n) is 3.22. The Balaban J connectivity index is 0.00000312. The van der Waals surface area contributed by atoms with Gasteiger partial charge in [-0.3, -0.25) is 9.89 Å². The Morgan fingerprint density at radius 2 is 1.72 bits per heavy atom. The van der Waals surface area contributed by atoms with E-state index >= 15 is 0 Å². The summed E-state index contributed by atoms with van der Waals surface area (Å²) in [5.74, 6) is 0.590. The van der Waals surface area contributed by atoms with Gasteiger partial charge in [-0.05, 0) is 52.5 Å². The SMILES string of the molecule is CN1CCCN(CCCN=C(N)NCCCN2CCOCC2)CC1.I. The summed E-state index contributed by atoms with van der Waals surface area (Å²) in [5, 5.41) is 3.23. The lowest BCUT2D eigenvalue weighted by molar-refractivity contribution is 0.0376. The van der Waals surface area contributed by atoms with E-state index in [9.17, 15) is 0 Å². The van der Waals surface area contributed by atoms with Crippen molar-refractivity contribution in [2.24, 2.45) is 10.7 Å². The number of ether oxygens (including phenoxy) is 1. The van der Waals surface area contributed by atoms with Crippen LogP contribution in [-0.2, 0) is 4.74 Å². The van der Waals surface area contributed by atoms with E-state index in [0.717, 1.165) is 65.3 Å². The maximum absolute atomic E-state index is 5.94. The molecule has 2 fully saturated rings. The molecule has 0 saturated carbocycles. The Morgan fingerprint density at radius 3 is 2.52 bits per heavy atom.